The van der Waals surface area contributed by atoms with E-state index < -0.39 is 0 Å². The van der Waals surface area contributed by atoms with Gasteiger partial charge in [-0.1, -0.05) is 0 Å². The Morgan fingerprint density at radius 1 is 1.27 bits per heavy atom. The highest BCUT2D eigenvalue weighted by Crippen LogP contribution is 2.25. The molecule has 0 unspecified atom stereocenters. The van der Waals surface area contributed by atoms with E-state index in [-0.39, 0.29) is 0 Å². The standard InChI is InChI=1S/C6H9N5/c1-10-6-5(9-11(10)2)7-3-4-8-6/h3-4H,1-2H3,(H,7,9). The van der Waals surface area contributed by atoms with E-state index in [0.29, 0.717) is 0 Å². The summed E-state index contributed by atoms with van der Waals surface area (Å²) in [5.74, 6) is 1.66. The van der Waals surface area contributed by atoms with Gasteiger partial charge in [0.1, 0.15) is 0 Å². The van der Waals surface area contributed by atoms with E-state index in [1.165, 1.54) is 0 Å². The van der Waals surface area contributed by atoms with Crippen LogP contribution in [0.4, 0.5) is 11.6 Å². The van der Waals surface area contributed by atoms with E-state index in [1.54, 1.807) is 12.4 Å². The fourth-order valence-corrected chi connectivity index (χ4v) is 1.02. The van der Waals surface area contributed by atoms with Crippen molar-refractivity contribution in [2.75, 3.05) is 24.5 Å². The zero-order chi connectivity index (χ0) is 7.84. The number of hydrogen-bond donors (Lipinski definition) is 1. The van der Waals surface area contributed by atoms with Gasteiger partial charge in [-0.15, -0.1) is 5.12 Å². The molecule has 1 aliphatic heterocycles. The number of anilines is 2. The molecule has 0 saturated carbocycles. The first-order chi connectivity index (χ1) is 5.29. The summed E-state index contributed by atoms with van der Waals surface area (Å²) in [6, 6.07) is 0. The van der Waals surface area contributed by atoms with E-state index in [9.17, 15) is 0 Å². The Kier molecular flexibility index (Phi) is 1.19. The van der Waals surface area contributed by atoms with Gasteiger partial charge in [-0.3, -0.25) is 10.4 Å². The minimum atomic E-state index is 0.803. The van der Waals surface area contributed by atoms with Gasteiger partial charge in [-0.2, -0.15) is 0 Å². The third-order valence-corrected chi connectivity index (χ3v) is 1.70. The summed E-state index contributed by atoms with van der Waals surface area (Å²) in [4.78, 5) is 8.25. The predicted octanol–water partition coefficient (Wildman–Crippen LogP) is 0.100. The van der Waals surface area contributed by atoms with Gasteiger partial charge < -0.3 is 0 Å². The molecule has 2 heterocycles. The molecule has 0 saturated heterocycles. The third-order valence-electron chi connectivity index (χ3n) is 1.70. The van der Waals surface area contributed by atoms with Crippen LogP contribution < -0.4 is 10.4 Å². The molecule has 0 aromatic carbocycles. The number of hydrazine groups is 2. The van der Waals surface area contributed by atoms with Crippen LogP contribution in [0.3, 0.4) is 0 Å². The molecule has 0 bridgehead atoms. The molecular formula is C6H9N5. The van der Waals surface area contributed by atoms with E-state index in [0.717, 1.165) is 11.6 Å². The Bertz CT molecular complexity index is 273. The highest BCUT2D eigenvalue weighted by atomic mass is 15.8. The highest BCUT2D eigenvalue weighted by molar-refractivity contribution is 5.62. The number of rotatable bonds is 0. The molecule has 11 heavy (non-hydrogen) atoms. The van der Waals surface area contributed by atoms with Crippen LogP contribution in [0.5, 0.6) is 0 Å². The van der Waals surface area contributed by atoms with Gasteiger partial charge in [0, 0.05) is 26.5 Å². The lowest BCUT2D eigenvalue weighted by molar-refractivity contribution is 0.409. The Morgan fingerprint density at radius 3 is 2.73 bits per heavy atom. The topological polar surface area (TPSA) is 44.3 Å². The summed E-state index contributed by atoms with van der Waals surface area (Å²) in [6.07, 6.45) is 3.34. The zero-order valence-corrected chi connectivity index (χ0v) is 6.44. The van der Waals surface area contributed by atoms with Crippen LogP contribution in [0.2, 0.25) is 0 Å². The molecule has 0 radical (unpaired) electrons. The van der Waals surface area contributed by atoms with Crippen LogP contribution in [-0.4, -0.2) is 29.2 Å². The van der Waals surface area contributed by atoms with E-state index in [4.69, 9.17) is 0 Å². The molecule has 2 rings (SSSR count). The molecule has 1 N–H and O–H groups in total. The smallest absolute Gasteiger partial charge is 0.188 e. The fourth-order valence-electron chi connectivity index (χ4n) is 1.02. The summed E-state index contributed by atoms with van der Waals surface area (Å²) in [5.41, 5.74) is 3.03. The lowest BCUT2D eigenvalue weighted by Crippen LogP contribution is -2.34. The lowest BCUT2D eigenvalue weighted by atomic mass is 10.6. The minimum Gasteiger partial charge on any atom is -0.282 e. The van der Waals surface area contributed by atoms with Crippen molar-refractivity contribution in [2.24, 2.45) is 0 Å². The maximum atomic E-state index is 4.15. The largest absolute Gasteiger partial charge is 0.282 e. The van der Waals surface area contributed by atoms with Crippen molar-refractivity contribution in [2.45, 2.75) is 0 Å². The first-order valence-corrected chi connectivity index (χ1v) is 3.34. The molecule has 5 heteroatoms. The van der Waals surface area contributed by atoms with E-state index >= 15 is 0 Å². The Labute approximate surface area is 64.6 Å². The Morgan fingerprint density at radius 2 is 2.00 bits per heavy atom. The van der Waals surface area contributed by atoms with Gasteiger partial charge in [0.05, 0.1) is 0 Å². The zero-order valence-electron chi connectivity index (χ0n) is 6.44. The third kappa shape index (κ3) is 0.813. The fraction of sp³-hybridized carbons (Fsp3) is 0.333. The molecule has 1 aromatic rings. The van der Waals surface area contributed by atoms with Crippen LogP contribution >= 0.6 is 0 Å². The average molecular weight is 151 g/mol. The maximum Gasteiger partial charge on any atom is 0.188 e. The summed E-state index contributed by atoms with van der Waals surface area (Å²) in [6.45, 7) is 0. The van der Waals surface area contributed by atoms with Gasteiger partial charge in [0.2, 0.25) is 0 Å². The summed E-state index contributed by atoms with van der Waals surface area (Å²) in [7, 11) is 3.83. The molecule has 0 aliphatic carbocycles. The van der Waals surface area contributed by atoms with Crippen molar-refractivity contribution in [3.05, 3.63) is 12.4 Å². The van der Waals surface area contributed by atoms with Crippen molar-refractivity contribution in [1.82, 2.24) is 15.1 Å². The SMILES string of the molecule is CN1Nc2nccnc2N1C. The summed E-state index contributed by atoms with van der Waals surface area (Å²) >= 11 is 0. The highest BCUT2D eigenvalue weighted by Gasteiger charge is 2.21. The first kappa shape index (κ1) is 6.36. The van der Waals surface area contributed by atoms with Gasteiger partial charge in [-0.05, 0) is 0 Å². The second-order valence-electron chi connectivity index (χ2n) is 2.39. The van der Waals surface area contributed by atoms with Crippen molar-refractivity contribution < 1.29 is 0 Å². The monoisotopic (exact) mass is 151 g/mol. The van der Waals surface area contributed by atoms with Crippen LogP contribution in [0, 0.1) is 0 Å². The normalized spacial score (nSPS) is 16.4. The molecule has 1 aliphatic rings. The molecule has 0 spiro atoms. The number of aromatic nitrogens is 2. The quantitative estimate of drug-likeness (QED) is 0.569. The number of fused-ring (bicyclic) bond motifs is 1. The Balaban J connectivity index is 2.47. The maximum absolute atomic E-state index is 4.15. The molecule has 0 amide bonds. The number of nitrogens with one attached hydrogen (secondary N) is 1. The van der Waals surface area contributed by atoms with Gasteiger partial charge in [0.15, 0.2) is 11.6 Å². The second-order valence-corrected chi connectivity index (χ2v) is 2.39. The van der Waals surface area contributed by atoms with Crippen LogP contribution in [0.1, 0.15) is 0 Å². The van der Waals surface area contributed by atoms with Gasteiger partial charge >= 0.3 is 0 Å². The molecule has 0 fully saturated rings. The summed E-state index contributed by atoms with van der Waals surface area (Å²) in [5, 5.41) is 3.72. The molecule has 5 nitrogen and oxygen atoms in total. The summed E-state index contributed by atoms with van der Waals surface area (Å²) < 4.78 is 0. The van der Waals surface area contributed by atoms with Crippen LogP contribution in [-0.2, 0) is 0 Å². The van der Waals surface area contributed by atoms with E-state index in [2.05, 4.69) is 15.4 Å². The van der Waals surface area contributed by atoms with Crippen LogP contribution in [0.15, 0.2) is 12.4 Å². The van der Waals surface area contributed by atoms with Crippen molar-refractivity contribution >= 4 is 11.6 Å². The van der Waals surface area contributed by atoms with Gasteiger partial charge in [-0.25, -0.2) is 9.97 Å². The molecule has 0 atom stereocenters. The first-order valence-electron chi connectivity index (χ1n) is 3.34. The molecular weight excluding hydrogens is 142 g/mol. The minimum absolute atomic E-state index is 0.803. The van der Waals surface area contributed by atoms with Gasteiger partial charge in [0.25, 0.3) is 0 Å². The Hall–Kier alpha value is -1.36. The number of nitrogens with zero attached hydrogens (tertiary/aromatic N) is 4. The predicted molar refractivity (Wildman–Crippen MR) is 41.8 cm³/mol. The second kappa shape index (κ2) is 2.06. The molecule has 1 aromatic heterocycles. The van der Waals surface area contributed by atoms with Crippen molar-refractivity contribution in [1.29, 1.82) is 0 Å². The van der Waals surface area contributed by atoms with Crippen molar-refractivity contribution in [3.63, 3.8) is 0 Å². The van der Waals surface area contributed by atoms with Crippen molar-refractivity contribution in [3.8, 4) is 0 Å². The van der Waals surface area contributed by atoms with E-state index in [1.807, 2.05) is 24.2 Å². The average Bonchev–Trinajstić information content (AvgIpc) is 2.30. The lowest BCUT2D eigenvalue weighted by Gasteiger charge is -2.18. The number of hydrogen-bond acceptors (Lipinski definition) is 5. The molecule has 58 valence electrons. The van der Waals surface area contributed by atoms with Crippen LogP contribution in [0.25, 0.3) is 0 Å².